The van der Waals surface area contributed by atoms with E-state index in [-0.39, 0.29) is 18.2 Å². The number of hydrogen-bond donors (Lipinski definition) is 1. The van der Waals surface area contributed by atoms with Crippen molar-refractivity contribution < 1.29 is 13.2 Å². The van der Waals surface area contributed by atoms with Gasteiger partial charge in [0.25, 0.3) is 0 Å². The molecule has 1 amide bonds. The summed E-state index contributed by atoms with van der Waals surface area (Å²) in [6.07, 6.45) is 2.94. The standard InChI is InChI=1S/C10H20N2O3S/c1-2-3-7-16(14,15)12-6-4-5-9(8-12)10(11)13/h9H,2-8H2,1H3,(H2,11,13)/t9-/m0/s1. The van der Waals surface area contributed by atoms with Crippen molar-refractivity contribution in [2.24, 2.45) is 11.7 Å². The lowest BCUT2D eigenvalue weighted by Crippen LogP contribution is -2.44. The van der Waals surface area contributed by atoms with Gasteiger partial charge in [-0.15, -0.1) is 0 Å². The van der Waals surface area contributed by atoms with E-state index in [0.717, 1.165) is 12.8 Å². The molecule has 0 aliphatic carbocycles. The molecule has 1 fully saturated rings. The first-order valence-electron chi connectivity index (χ1n) is 5.74. The van der Waals surface area contributed by atoms with Crippen molar-refractivity contribution in [3.63, 3.8) is 0 Å². The van der Waals surface area contributed by atoms with Gasteiger partial charge in [0.05, 0.1) is 11.7 Å². The summed E-state index contributed by atoms with van der Waals surface area (Å²) in [7, 11) is -3.19. The molecule has 2 N–H and O–H groups in total. The van der Waals surface area contributed by atoms with E-state index in [2.05, 4.69) is 0 Å². The van der Waals surface area contributed by atoms with Gasteiger partial charge in [-0.2, -0.15) is 0 Å². The summed E-state index contributed by atoms with van der Waals surface area (Å²) in [5.74, 6) is -0.532. The highest BCUT2D eigenvalue weighted by atomic mass is 32.2. The van der Waals surface area contributed by atoms with Gasteiger partial charge in [0, 0.05) is 13.1 Å². The summed E-state index contributed by atoms with van der Waals surface area (Å²) in [6.45, 7) is 2.75. The van der Waals surface area contributed by atoms with Crippen LogP contribution in [0.5, 0.6) is 0 Å². The maximum Gasteiger partial charge on any atom is 0.221 e. The molecule has 1 heterocycles. The summed E-state index contributed by atoms with van der Waals surface area (Å²) >= 11 is 0. The van der Waals surface area contributed by atoms with E-state index in [0.29, 0.717) is 19.4 Å². The fourth-order valence-electron chi connectivity index (χ4n) is 1.88. The maximum atomic E-state index is 11.9. The first-order valence-corrected chi connectivity index (χ1v) is 7.35. The fourth-order valence-corrected chi connectivity index (χ4v) is 3.61. The SMILES string of the molecule is CCCCS(=O)(=O)N1CCC[C@H](C(N)=O)C1. The molecule has 0 bridgehead atoms. The Labute approximate surface area is 97.0 Å². The van der Waals surface area contributed by atoms with Crippen LogP contribution in [0.1, 0.15) is 32.6 Å². The van der Waals surface area contributed by atoms with Gasteiger partial charge in [0.1, 0.15) is 0 Å². The Kier molecular flexibility index (Phi) is 4.73. The monoisotopic (exact) mass is 248 g/mol. The zero-order valence-electron chi connectivity index (χ0n) is 9.68. The van der Waals surface area contributed by atoms with E-state index < -0.39 is 15.9 Å². The first kappa shape index (κ1) is 13.4. The minimum absolute atomic E-state index is 0.176. The van der Waals surface area contributed by atoms with Crippen molar-refractivity contribution >= 4 is 15.9 Å². The highest BCUT2D eigenvalue weighted by molar-refractivity contribution is 7.89. The molecule has 1 atom stereocenters. The zero-order chi connectivity index (χ0) is 12.2. The second-order valence-corrected chi connectivity index (χ2v) is 6.36. The van der Waals surface area contributed by atoms with Gasteiger partial charge in [-0.05, 0) is 19.3 Å². The molecule has 1 aliphatic rings. The van der Waals surface area contributed by atoms with Crippen LogP contribution in [0.2, 0.25) is 0 Å². The van der Waals surface area contributed by atoms with Gasteiger partial charge in [0.15, 0.2) is 0 Å². The van der Waals surface area contributed by atoms with Crippen LogP contribution in [0.4, 0.5) is 0 Å². The van der Waals surface area contributed by atoms with Gasteiger partial charge in [-0.1, -0.05) is 13.3 Å². The van der Waals surface area contributed by atoms with Crippen molar-refractivity contribution in [3.8, 4) is 0 Å². The van der Waals surface area contributed by atoms with Crippen LogP contribution in [-0.2, 0) is 14.8 Å². The van der Waals surface area contributed by atoms with E-state index in [4.69, 9.17) is 5.73 Å². The minimum Gasteiger partial charge on any atom is -0.369 e. The smallest absolute Gasteiger partial charge is 0.221 e. The van der Waals surface area contributed by atoms with Crippen LogP contribution >= 0.6 is 0 Å². The molecule has 0 unspecified atom stereocenters. The Morgan fingerprint density at radius 1 is 1.50 bits per heavy atom. The van der Waals surface area contributed by atoms with Crippen molar-refractivity contribution in [3.05, 3.63) is 0 Å². The average Bonchev–Trinajstić information content (AvgIpc) is 2.26. The van der Waals surface area contributed by atoms with Crippen molar-refractivity contribution in [1.29, 1.82) is 0 Å². The molecule has 1 saturated heterocycles. The molecule has 1 aliphatic heterocycles. The Balaban J connectivity index is 2.62. The summed E-state index contributed by atoms with van der Waals surface area (Å²) in [4.78, 5) is 11.0. The third-order valence-corrected chi connectivity index (χ3v) is 4.86. The van der Waals surface area contributed by atoms with Gasteiger partial charge < -0.3 is 5.73 Å². The van der Waals surface area contributed by atoms with Crippen LogP contribution in [0.15, 0.2) is 0 Å². The zero-order valence-corrected chi connectivity index (χ0v) is 10.5. The predicted molar refractivity (Wildman–Crippen MR) is 62.2 cm³/mol. The van der Waals surface area contributed by atoms with Crippen LogP contribution in [-0.4, -0.2) is 37.5 Å². The molecular formula is C10H20N2O3S. The Morgan fingerprint density at radius 2 is 2.19 bits per heavy atom. The van der Waals surface area contributed by atoms with E-state index >= 15 is 0 Å². The summed E-state index contributed by atoms with van der Waals surface area (Å²) < 4.78 is 25.2. The molecular weight excluding hydrogens is 228 g/mol. The molecule has 0 spiro atoms. The van der Waals surface area contributed by atoms with E-state index in [1.165, 1.54) is 4.31 Å². The highest BCUT2D eigenvalue weighted by Gasteiger charge is 2.30. The van der Waals surface area contributed by atoms with Crippen LogP contribution in [0.3, 0.4) is 0 Å². The molecule has 0 aromatic heterocycles. The molecule has 0 aromatic carbocycles. The number of nitrogens with zero attached hydrogens (tertiary/aromatic N) is 1. The number of amides is 1. The minimum atomic E-state index is -3.19. The van der Waals surface area contributed by atoms with Gasteiger partial charge in [-0.25, -0.2) is 12.7 Å². The second kappa shape index (κ2) is 5.63. The van der Waals surface area contributed by atoms with Gasteiger partial charge >= 0.3 is 0 Å². The number of hydrogen-bond acceptors (Lipinski definition) is 3. The maximum absolute atomic E-state index is 11.9. The van der Waals surface area contributed by atoms with E-state index in [1.54, 1.807) is 0 Å². The fraction of sp³-hybridized carbons (Fsp3) is 0.900. The number of carbonyl (C=O) groups is 1. The van der Waals surface area contributed by atoms with E-state index in [9.17, 15) is 13.2 Å². The van der Waals surface area contributed by atoms with Crippen molar-refractivity contribution in [2.75, 3.05) is 18.8 Å². The highest BCUT2D eigenvalue weighted by Crippen LogP contribution is 2.19. The number of unbranched alkanes of at least 4 members (excludes halogenated alkanes) is 1. The lowest BCUT2D eigenvalue weighted by molar-refractivity contribution is -0.122. The molecule has 0 saturated carbocycles. The summed E-state index contributed by atoms with van der Waals surface area (Å²) in [6, 6.07) is 0. The van der Waals surface area contributed by atoms with Gasteiger partial charge in [0.2, 0.25) is 15.9 Å². The number of sulfonamides is 1. The lowest BCUT2D eigenvalue weighted by Gasteiger charge is -2.30. The van der Waals surface area contributed by atoms with Gasteiger partial charge in [-0.3, -0.25) is 4.79 Å². The Hall–Kier alpha value is -0.620. The quantitative estimate of drug-likeness (QED) is 0.760. The Morgan fingerprint density at radius 3 is 2.75 bits per heavy atom. The lowest BCUT2D eigenvalue weighted by atomic mass is 9.99. The number of primary amides is 1. The Bertz CT molecular complexity index is 340. The number of rotatable bonds is 5. The number of piperidine rings is 1. The average molecular weight is 248 g/mol. The summed E-state index contributed by atoms with van der Waals surface area (Å²) in [5.41, 5.74) is 5.21. The summed E-state index contributed by atoms with van der Waals surface area (Å²) in [5, 5.41) is 0. The van der Waals surface area contributed by atoms with Crippen LogP contribution < -0.4 is 5.73 Å². The normalized spacial score (nSPS) is 23.2. The predicted octanol–water partition coefficient (Wildman–Crippen LogP) is 0.314. The first-order chi connectivity index (χ1) is 7.47. The molecule has 0 aromatic rings. The largest absolute Gasteiger partial charge is 0.369 e. The van der Waals surface area contributed by atoms with Crippen LogP contribution in [0, 0.1) is 5.92 Å². The van der Waals surface area contributed by atoms with E-state index in [1.807, 2.05) is 6.92 Å². The molecule has 16 heavy (non-hydrogen) atoms. The van der Waals surface area contributed by atoms with Crippen molar-refractivity contribution in [1.82, 2.24) is 4.31 Å². The van der Waals surface area contributed by atoms with Crippen LogP contribution in [0.25, 0.3) is 0 Å². The molecule has 0 radical (unpaired) electrons. The molecule has 6 heteroatoms. The van der Waals surface area contributed by atoms with Crippen molar-refractivity contribution in [2.45, 2.75) is 32.6 Å². The molecule has 1 rings (SSSR count). The second-order valence-electron chi connectivity index (χ2n) is 4.27. The third-order valence-electron chi connectivity index (χ3n) is 2.94. The number of nitrogens with two attached hydrogens (primary N) is 1. The third kappa shape index (κ3) is 3.45. The topological polar surface area (TPSA) is 80.5 Å². The molecule has 94 valence electrons. The number of carbonyl (C=O) groups excluding carboxylic acids is 1. The molecule has 5 nitrogen and oxygen atoms in total.